The summed E-state index contributed by atoms with van der Waals surface area (Å²) in [6.45, 7) is 0.760. The summed E-state index contributed by atoms with van der Waals surface area (Å²) in [7, 11) is 0. The van der Waals surface area contributed by atoms with Crippen LogP contribution in [-0.4, -0.2) is 18.8 Å². The fraction of sp³-hybridized carbons (Fsp3) is 0.200. The van der Waals surface area contributed by atoms with Crippen LogP contribution >= 0.6 is 0 Å². The molecule has 2 amide bonds. The van der Waals surface area contributed by atoms with Crippen molar-refractivity contribution in [3.8, 4) is 0 Å². The molecule has 1 aliphatic rings. The Morgan fingerprint density at radius 2 is 2.00 bits per heavy atom. The quantitative estimate of drug-likeness (QED) is 0.648. The number of urea groups is 1. The number of benzene rings is 1. The molecule has 1 aromatic rings. The number of amides is 2. The standard InChI is InChI=1S/C10H10N2O/c13-10-11-7-4-8-12(10)9-5-2-1-3-6-9/h1-3,5-7H,4,8H2/p+1. The molecule has 1 N–H and O–H groups in total. The van der Waals surface area contributed by atoms with Crippen molar-refractivity contribution < 1.29 is 9.79 Å². The zero-order valence-electron chi connectivity index (χ0n) is 7.23. The zero-order valence-corrected chi connectivity index (χ0v) is 7.23. The van der Waals surface area contributed by atoms with Crippen LogP contribution in [0.4, 0.5) is 10.5 Å². The van der Waals surface area contributed by atoms with E-state index in [0.29, 0.717) is 0 Å². The zero-order chi connectivity index (χ0) is 9.10. The summed E-state index contributed by atoms with van der Waals surface area (Å²) in [5, 5.41) is 0. The van der Waals surface area contributed by atoms with Gasteiger partial charge in [-0.1, -0.05) is 18.2 Å². The fourth-order valence-electron chi connectivity index (χ4n) is 1.39. The van der Waals surface area contributed by atoms with Gasteiger partial charge in [-0.3, -0.25) is 0 Å². The Balaban J connectivity index is 2.27. The Morgan fingerprint density at radius 1 is 1.23 bits per heavy atom. The maximum atomic E-state index is 11.4. The Labute approximate surface area is 76.7 Å². The number of nitrogens with one attached hydrogen (secondary N) is 1. The second-order valence-corrected chi connectivity index (χ2v) is 2.93. The minimum absolute atomic E-state index is 0.0440. The molecule has 1 heterocycles. The average molecular weight is 175 g/mol. The highest BCUT2D eigenvalue weighted by Crippen LogP contribution is 2.12. The second kappa shape index (κ2) is 3.39. The summed E-state index contributed by atoms with van der Waals surface area (Å²) in [4.78, 5) is 15.8. The summed E-state index contributed by atoms with van der Waals surface area (Å²) in [6.07, 6.45) is 2.68. The van der Waals surface area contributed by atoms with Gasteiger partial charge in [0, 0.05) is 6.42 Å². The van der Waals surface area contributed by atoms with E-state index >= 15 is 0 Å². The van der Waals surface area contributed by atoms with Gasteiger partial charge in [0.05, 0.1) is 6.21 Å². The average Bonchev–Trinajstić information content (AvgIpc) is 2.20. The molecule has 0 saturated heterocycles. The first-order valence-corrected chi connectivity index (χ1v) is 4.33. The number of para-hydroxylation sites is 1. The van der Waals surface area contributed by atoms with Crippen LogP contribution in [-0.2, 0) is 0 Å². The molecule has 0 bridgehead atoms. The van der Waals surface area contributed by atoms with E-state index in [-0.39, 0.29) is 6.03 Å². The third-order valence-corrected chi connectivity index (χ3v) is 2.04. The van der Waals surface area contributed by atoms with Gasteiger partial charge in [-0.2, -0.15) is 9.69 Å². The van der Waals surface area contributed by atoms with E-state index in [1.807, 2.05) is 30.3 Å². The van der Waals surface area contributed by atoms with E-state index in [1.165, 1.54) is 0 Å². The third kappa shape index (κ3) is 1.59. The minimum atomic E-state index is -0.0440. The number of rotatable bonds is 1. The Morgan fingerprint density at radius 3 is 2.69 bits per heavy atom. The summed E-state index contributed by atoms with van der Waals surface area (Å²) >= 11 is 0. The minimum Gasteiger partial charge on any atom is -0.215 e. The van der Waals surface area contributed by atoms with Crippen molar-refractivity contribution in [2.45, 2.75) is 6.42 Å². The number of nitrogens with zero attached hydrogens (tertiary/aromatic N) is 1. The van der Waals surface area contributed by atoms with Crippen molar-refractivity contribution in [1.82, 2.24) is 0 Å². The lowest BCUT2D eigenvalue weighted by Gasteiger charge is -2.14. The lowest BCUT2D eigenvalue weighted by atomic mass is 10.2. The van der Waals surface area contributed by atoms with E-state index in [2.05, 4.69) is 4.99 Å². The second-order valence-electron chi connectivity index (χ2n) is 2.93. The molecule has 0 saturated carbocycles. The van der Waals surface area contributed by atoms with E-state index in [1.54, 1.807) is 11.1 Å². The molecule has 0 aliphatic carbocycles. The number of anilines is 1. The van der Waals surface area contributed by atoms with Crippen LogP contribution < -0.4 is 9.89 Å². The summed E-state index contributed by atoms with van der Waals surface area (Å²) in [5.41, 5.74) is 0.952. The SMILES string of the molecule is O=C1[NH+]=CCCN1c1ccccc1. The van der Waals surface area contributed by atoms with Gasteiger partial charge in [0.15, 0.2) is 0 Å². The van der Waals surface area contributed by atoms with Gasteiger partial charge in [-0.15, -0.1) is 0 Å². The number of carbonyl (C=O) groups excluding carboxylic acids is 1. The Kier molecular flexibility index (Phi) is 2.08. The molecular weight excluding hydrogens is 164 g/mol. The monoisotopic (exact) mass is 175 g/mol. The van der Waals surface area contributed by atoms with E-state index < -0.39 is 0 Å². The molecule has 2 rings (SSSR count). The Hall–Kier alpha value is -1.64. The lowest BCUT2D eigenvalue weighted by molar-refractivity contribution is -0.338. The highest BCUT2D eigenvalue weighted by Gasteiger charge is 2.24. The highest BCUT2D eigenvalue weighted by atomic mass is 16.2. The first-order chi connectivity index (χ1) is 6.38. The number of hydrogen-bond donors (Lipinski definition) is 1. The molecule has 13 heavy (non-hydrogen) atoms. The predicted molar refractivity (Wildman–Crippen MR) is 50.8 cm³/mol. The van der Waals surface area contributed by atoms with Crippen LogP contribution in [0.25, 0.3) is 0 Å². The molecule has 3 nitrogen and oxygen atoms in total. The van der Waals surface area contributed by atoms with Gasteiger partial charge in [0.2, 0.25) is 0 Å². The molecular formula is C10H11N2O+. The van der Waals surface area contributed by atoms with E-state index in [4.69, 9.17) is 0 Å². The lowest BCUT2D eigenvalue weighted by Crippen LogP contribution is -2.80. The van der Waals surface area contributed by atoms with Crippen molar-refractivity contribution in [3.63, 3.8) is 0 Å². The van der Waals surface area contributed by atoms with Crippen LogP contribution in [0, 0.1) is 0 Å². The molecule has 1 aliphatic heterocycles. The maximum Gasteiger partial charge on any atom is 0.495 e. The molecule has 0 radical (unpaired) electrons. The first-order valence-electron chi connectivity index (χ1n) is 4.33. The number of hydrogen-bond acceptors (Lipinski definition) is 1. The van der Waals surface area contributed by atoms with Crippen LogP contribution in [0.1, 0.15) is 6.42 Å². The highest BCUT2D eigenvalue weighted by molar-refractivity contribution is 5.88. The smallest absolute Gasteiger partial charge is 0.215 e. The van der Waals surface area contributed by atoms with Gasteiger partial charge in [-0.25, -0.2) is 4.99 Å². The predicted octanol–water partition coefficient (Wildman–Crippen LogP) is 0.168. The molecule has 0 spiro atoms. The molecule has 0 aromatic heterocycles. The van der Waals surface area contributed by atoms with Gasteiger partial charge in [-0.05, 0) is 12.1 Å². The van der Waals surface area contributed by atoms with E-state index in [0.717, 1.165) is 18.7 Å². The topological polar surface area (TPSA) is 34.3 Å². The fourth-order valence-corrected chi connectivity index (χ4v) is 1.39. The van der Waals surface area contributed by atoms with Crippen LogP contribution in [0.15, 0.2) is 30.3 Å². The Bertz CT molecular complexity index is 332. The van der Waals surface area contributed by atoms with Crippen molar-refractivity contribution in [3.05, 3.63) is 30.3 Å². The third-order valence-electron chi connectivity index (χ3n) is 2.04. The van der Waals surface area contributed by atoms with Gasteiger partial charge < -0.3 is 0 Å². The van der Waals surface area contributed by atoms with Crippen LogP contribution in [0.3, 0.4) is 0 Å². The summed E-state index contributed by atoms with van der Waals surface area (Å²) in [5.74, 6) is 0. The van der Waals surface area contributed by atoms with Crippen molar-refractivity contribution in [2.24, 2.45) is 0 Å². The van der Waals surface area contributed by atoms with Gasteiger partial charge in [0.25, 0.3) is 0 Å². The van der Waals surface area contributed by atoms with Crippen molar-refractivity contribution in [2.75, 3.05) is 11.4 Å². The molecule has 0 atom stereocenters. The maximum absolute atomic E-state index is 11.4. The first kappa shape index (κ1) is 7.98. The van der Waals surface area contributed by atoms with Gasteiger partial charge >= 0.3 is 6.03 Å². The normalized spacial score (nSPS) is 16.3. The van der Waals surface area contributed by atoms with Crippen LogP contribution in [0.5, 0.6) is 0 Å². The summed E-state index contributed by atoms with van der Waals surface area (Å²) < 4.78 is 0. The molecule has 0 fully saturated rings. The molecule has 1 aromatic carbocycles. The van der Waals surface area contributed by atoms with Gasteiger partial charge in [0.1, 0.15) is 12.2 Å². The molecule has 3 heteroatoms. The van der Waals surface area contributed by atoms with E-state index in [9.17, 15) is 4.79 Å². The largest absolute Gasteiger partial charge is 0.495 e. The van der Waals surface area contributed by atoms with Crippen molar-refractivity contribution in [1.29, 1.82) is 0 Å². The van der Waals surface area contributed by atoms with Crippen LogP contribution in [0.2, 0.25) is 0 Å². The van der Waals surface area contributed by atoms with Crippen molar-refractivity contribution >= 4 is 17.9 Å². The molecule has 0 unspecified atom stereocenters. The summed E-state index contributed by atoms with van der Waals surface area (Å²) in [6, 6.07) is 9.63. The number of carbonyl (C=O) groups is 1. The molecule has 66 valence electrons.